The molecule has 0 amide bonds. The van der Waals surface area contributed by atoms with Crippen LogP contribution in [0, 0.1) is 11.3 Å². The van der Waals surface area contributed by atoms with Crippen molar-refractivity contribution in [3.63, 3.8) is 0 Å². The third kappa shape index (κ3) is 3.70. The second-order valence-electron chi connectivity index (χ2n) is 6.50. The van der Waals surface area contributed by atoms with E-state index < -0.39 is 5.60 Å². The van der Waals surface area contributed by atoms with Crippen LogP contribution < -0.4 is 11.5 Å². The first kappa shape index (κ1) is 15.3. The van der Waals surface area contributed by atoms with Crippen molar-refractivity contribution in [1.82, 2.24) is 0 Å². The zero-order valence-electron chi connectivity index (χ0n) is 12.0. The molecule has 2 rings (SSSR count). The van der Waals surface area contributed by atoms with Crippen molar-refractivity contribution in [2.75, 3.05) is 6.61 Å². The minimum Gasteiger partial charge on any atom is -0.396 e. The predicted octanol–water partition coefficient (Wildman–Crippen LogP) is 0.720. The Hall–Kier alpha value is -1.14. The minimum absolute atomic E-state index is 0.0977. The molecule has 2 saturated carbocycles. The van der Waals surface area contributed by atoms with Gasteiger partial charge < -0.3 is 21.7 Å². The number of hydrogen-bond donors (Lipinski definition) is 4. The van der Waals surface area contributed by atoms with E-state index >= 15 is 0 Å². The number of aliphatic hydroxyl groups is 2. The molecule has 2 aliphatic rings. The van der Waals surface area contributed by atoms with Gasteiger partial charge in [0.25, 0.3) is 0 Å². The Balaban J connectivity index is 1.89. The van der Waals surface area contributed by atoms with Crippen molar-refractivity contribution in [3.8, 4) is 0 Å². The van der Waals surface area contributed by atoms with Crippen molar-refractivity contribution < 1.29 is 10.2 Å². The molecule has 0 aromatic rings. The molecule has 1 spiro atoms. The summed E-state index contributed by atoms with van der Waals surface area (Å²) in [6.07, 6.45) is 9.46. The number of guanidine groups is 1. The third-order valence-electron chi connectivity index (χ3n) is 5.07. The molecule has 2 aliphatic carbocycles. The lowest BCUT2D eigenvalue weighted by molar-refractivity contribution is -0.00568. The Labute approximate surface area is 120 Å². The van der Waals surface area contributed by atoms with Gasteiger partial charge in [-0.25, -0.2) is 0 Å². The second-order valence-corrected chi connectivity index (χ2v) is 6.50. The van der Waals surface area contributed by atoms with Crippen LogP contribution in [0.2, 0.25) is 0 Å². The predicted molar refractivity (Wildman–Crippen MR) is 79.2 cm³/mol. The summed E-state index contributed by atoms with van der Waals surface area (Å²) in [5.74, 6) is 0.379. The van der Waals surface area contributed by atoms with E-state index in [9.17, 15) is 10.2 Å². The number of aliphatic hydroxyl groups excluding tert-OH is 1. The van der Waals surface area contributed by atoms with Gasteiger partial charge in [-0.05, 0) is 62.7 Å². The van der Waals surface area contributed by atoms with E-state index in [2.05, 4.69) is 10.2 Å². The first-order valence-electron chi connectivity index (χ1n) is 7.43. The molecule has 114 valence electrons. The molecule has 6 N–H and O–H groups in total. The highest BCUT2D eigenvalue weighted by Gasteiger charge is 2.42. The maximum Gasteiger partial charge on any atom is 0.211 e. The minimum atomic E-state index is -0.877. The summed E-state index contributed by atoms with van der Waals surface area (Å²) in [7, 11) is 0. The van der Waals surface area contributed by atoms with Gasteiger partial charge >= 0.3 is 0 Å². The van der Waals surface area contributed by atoms with Crippen LogP contribution >= 0.6 is 0 Å². The van der Waals surface area contributed by atoms with Crippen molar-refractivity contribution in [2.45, 2.75) is 57.0 Å². The van der Waals surface area contributed by atoms with Crippen LogP contribution in [-0.2, 0) is 0 Å². The molecule has 0 aromatic heterocycles. The summed E-state index contributed by atoms with van der Waals surface area (Å²) < 4.78 is 0. The standard InChI is InChI=1S/C14H26N4O2/c15-12(16)18-17-10-14(20)7-5-13(6-8-14)3-1-11(9-19)2-4-13/h10-11,19-20H,1-9H2,(H4,15,16,18)/b17-10+. The monoisotopic (exact) mass is 282 g/mol. The van der Waals surface area contributed by atoms with E-state index in [1.807, 2.05) is 0 Å². The van der Waals surface area contributed by atoms with Crippen molar-refractivity contribution in [2.24, 2.45) is 33.0 Å². The number of hydrogen-bond acceptors (Lipinski definition) is 4. The van der Waals surface area contributed by atoms with Crippen LogP contribution in [0.4, 0.5) is 0 Å². The average Bonchev–Trinajstić information content (AvgIpc) is 2.43. The molecule has 0 saturated heterocycles. The van der Waals surface area contributed by atoms with E-state index in [0.29, 0.717) is 30.8 Å². The van der Waals surface area contributed by atoms with E-state index in [0.717, 1.165) is 25.7 Å². The van der Waals surface area contributed by atoms with E-state index in [1.165, 1.54) is 19.1 Å². The smallest absolute Gasteiger partial charge is 0.211 e. The summed E-state index contributed by atoms with van der Waals surface area (Å²) in [4.78, 5) is 0. The maximum atomic E-state index is 10.5. The van der Waals surface area contributed by atoms with Crippen LogP contribution in [0.3, 0.4) is 0 Å². The molecule has 0 atom stereocenters. The number of nitrogens with two attached hydrogens (primary N) is 2. The molecule has 0 aliphatic heterocycles. The van der Waals surface area contributed by atoms with Gasteiger partial charge in [0.2, 0.25) is 5.96 Å². The second kappa shape index (κ2) is 6.10. The fraction of sp³-hybridized carbons (Fsp3) is 0.857. The van der Waals surface area contributed by atoms with Crippen LogP contribution in [0.25, 0.3) is 0 Å². The Morgan fingerprint density at radius 2 is 1.70 bits per heavy atom. The fourth-order valence-corrected chi connectivity index (χ4v) is 3.52. The molecule has 6 nitrogen and oxygen atoms in total. The molecule has 20 heavy (non-hydrogen) atoms. The fourth-order valence-electron chi connectivity index (χ4n) is 3.52. The van der Waals surface area contributed by atoms with Gasteiger partial charge in [-0.3, -0.25) is 0 Å². The topological polar surface area (TPSA) is 117 Å². The lowest BCUT2D eigenvalue weighted by Crippen LogP contribution is -2.42. The van der Waals surface area contributed by atoms with Gasteiger partial charge in [-0.1, -0.05) is 0 Å². The Bertz CT molecular complexity index is 373. The number of nitrogens with zero attached hydrogens (tertiary/aromatic N) is 2. The number of rotatable bonds is 3. The van der Waals surface area contributed by atoms with Gasteiger partial charge in [0.05, 0.1) is 6.21 Å². The first-order chi connectivity index (χ1) is 9.47. The summed E-state index contributed by atoms with van der Waals surface area (Å²) in [5, 5.41) is 27.0. The highest BCUT2D eigenvalue weighted by atomic mass is 16.3. The lowest BCUT2D eigenvalue weighted by Gasteiger charge is -2.46. The first-order valence-corrected chi connectivity index (χ1v) is 7.43. The van der Waals surface area contributed by atoms with Gasteiger partial charge in [-0.15, -0.1) is 5.10 Å². The van der Waals surface area contributed by atoms with E-state index in [1.54, 1.807) is 0 Å². The van der Waals surface area contributed by atoms with Gasteiger partial charge in [0.1, 0.15) is 5.60 Å². The normalized spacial score (nSPS) is 38.2. The SMILES string of the molecule is NC(N)=N/N=C/C1(O)CCC2(CCC(CO)CC2)CC1. The zero-order valence-corrected chi connectivity index (χ0v) is 12.0. The molecular weight excluding hydrogens is 256 g/mol. The van der Waals surface area contributed by atoms with Crippen molar-refractivity contribution >= 4 is 12.2 Å². The lowest BCUT2D eigenvalue weighted by atomic mass is 9.61. The third-order valence-corrected chi connectivity index (χ3v) is 5.07. The molecule has 0 unspecified atom stereocenters. The molecule has 0 heterocycles. The Morgan fingerprint density at radius 3 is 2.20 bits per heavy atom. The summed E-state index contributed by atoms with van der Waals surface area (Å²) in [6.45, 7) is 0.311. The van der Waals surface area contributed by atoms with Crippen LogP contribution in [-0.4, -0.2) is 34.6 Å². The molecule has 6 heteroatoms. The Morgan fingerprint density at radius 1 is 1.10 bits per heavy atom. The van der Waals surface area contributed by atoms with Crippen molar-refractivity contribution in [1.29, 1.82) is 0 Å². The van der Waals surface area contributed by atoms with E-state index in [-0.39, 0.29) is 5.96 Å². The zero-order chi connectivity index (χ0) is 14.6. The van der Waals surface area contributed by atoms with Crippen LogP contribution in [0.5, 0.6) is 0 Å². The van der Waals surface area contributed by atoms with Crippen molar-refractivity contribution in [3.05, 3.63) is 0 Å². The Kier molecular flexibility index (Phi) is 4.65. The summed E-state index contributed by atoms with van der Waals surface area (Å²) in [5.41, 5.74) is 9.89. The summed E-state index contributed by atoms with van der Waals surface area (Å²) in [6, 6.07) is 0. The maximum absolute atomic E-state index is 10.5. The average molecular weight is 282 g/mol. The molecule has 0 radical (unpaired) electrons. The molecule has 0 aromatic carbocycles. The van der Waals surface area contributed by atoms with Gasteiger partial charge in [-0.2, -0.15) is 5.10 Å². The highest BCUT2D eigenvalue weighted by Crippen LogP contribution is 2.50. The van der Waals surface area contributed by atoms with Crippen LogP contribution in [0.1, 0.15) is 51.4 Å². The molecule has 0 bridgehead atoms. The summed E-state index contributed by atoms with van der Waals surface area (Å²) >= 11 is 0. The van der Waals surface area contributed by atoms with Crippen LogP contribution in [0.15, 0.2) is 10.2 Å². The largest absolute Gasteiger partial charge is 0.396 e. The quantitative estimate of drug-likeness (QED) is 0.346. The van der Waals surface area contributed by atoms with E-state index in [4.69, 9.17) is 11.5 Å². The molecular formula is C14H26N4O2. The highest BCUT2D eigenvalue weighted by molar-refractivity contribution is 5.77. The van der Waals surface area contributed by atoms with Gasteiger partial charge in [0, 0.05) is 6.61 Å². The molecule has 2 fully saturated rings. The van der Waals surface area contributed by atoms with Gasteiger partial charge in [0.15, 0.2) is 0 Å².